The van der Waals surface area contributed by atoms with Crippen molar-refractivity contribution in [3.8, 4) is 5.95 Å². The molecule has 3 aromatic rings. The van der Waals surface area contributed by atoms with Gasteiger partial charge in [0, 0.05) is 10.2 Å². The van der Waals surface area contributed by atoms with Gasteiger partial charge in [0.2, 0.25) is 5.91 Å². The first-order valence-electron chi connectivity index (χ1n) is 10.0. The van der Waals surface area contributed by atoms with Gasteiger partial charge in [-0.15, -0.1) is 0 Å². The summed E-state index contributed by atoms with van der Waals surface area (Å²) in [5.74, 6) is -1.33. The smallest absolute Gasteiger partial charge is 0.256 e. The van der Waals surface area contributed by atoms with Crippen LogP contribution in [0.25, 0.3) is 0 Å². The zero-order valence-corrected chi connectivity index (χ0v) is 20.2. The van der Waals surface area contributed by atoms with E-state index in [-0.39, 0.29) is 35.6 Å². The fraction of sp³-hybridized carbons (Fsp3) is 0.227. The monoisotopic (exact) mass is 529 g/mol. The normalized spacial score (nSPS) is 15.9. The Bertz CT molecular complexity index is 1190. The number of thiocarbonyl (C=S) groups is 1. The number of rotatable bonds is 6. The van der Waals surface area contributed by atoms with Crippen molar-refractivity contribution in [2.45, 2.75) is 25.9 Å². The highest BCUT2D eigenvalue weighted by Gasteiger charge is 2.45. The largest absolute Gasteiger partial charge is 0.539 e. The minimum atomic E-state index is -0.899. The molecule has 11 heteroatoms. The molecule has 1 aliphatic heterocycles. The van der Waals surface area contributed by atoms with Crippen LogP contribution in [-0.2, 0) is 23.2 Å². The standard InChI is InChI=1S/C22H20BrN5O4S/c1-13-3-9-16(10-4-13)28-20(30)17(11-19(29)24-15-7-5-14(23)6-8-15)27(22(28)33)12-18-21(31)32-25-26(18)2/h3-10,17H,11-12H2,1-2H3,(H-,24,25,29,31). The molecule has 1 N–H and O–H groups in total. The summed E-state index contributed by atoms with van der Waals surface area (Å²) in [6.45, 7) is 1.92. The van der Waals surface area contributed by atoms with Gasteiger partial charge in [-0.1, -0.05) is 38.3 Å². The number of carbonyl (C=O) groups excluding carboxylic acids is 2. The van der Waals surface area contributed by atoms with Crippen LogP contribution in [-0.4, -0.2) is 33.1 Å². The lowest BCUT2D eigenvalue weighted by Crippen LogP contribution is -2.42. The maximum atomic E-state index is 13.4. The number of anilines is 2. The van der Waals surface area contributed by atoms with Gasteiger partial charge >= 0.3 is 0 Å². The third kappa shape index (κ3) is 4.74. The molecule has 0 bridgehead atoms. The third-order valence-corrected chi connectivity index (χ3v) is 6.26. The number of nitrogens with zero attached hydrogens (tertiary/aromatic N) is 4. The molecule has 33 heavy (non-hydrogen) atoms. The molecule has 170 valence electrons. The van der Waals surface area contributed by atoms with Crippen molar-refractivity contribution in [1.82, 2.24) is 10.2 Å². The lowest BCUT2D eigenvalue weighted by atomic mass is 10.1. The molecule has 2 heterocycles. The number of halogens is 1. The van der Waals surface area contributed by atoms with Crippen LogP contribution in [0.15, 0.2) is 57.5 Å². The molecule has 1 aromatic heterocycles. The minimum Gasteiger partial charge on any atom is -0.539 e. The first-order valence-corrected chi connectivity index (χ1v) is 11.2. The van der Waals surface area contributed by atoms with Crippen molar-refractivity contribution in [3.63, 3.8) is 0 Å². The van der Waals surface area contributed by atoms with Crippen molar-refractivity contribution in [3.05, 3.63) is 64.3 Å². The lowest BCUT2D eigenvalue weighted by molar-refractivity contribution is -0.746. The van der Waals surface area contributed by atoms with E-state index in [1.54, 1.807) is 48.3 Å². The maximum absolute atomic E-state index is 13.4. The molecule has 1 fully saturated rings. The number of nitrogens with one attached hydrogen (secondary N) is 1. The zero-order chi connectivity index (χ0) is 23.7. The third-order valence-electron chi connectivity index (χ3n) is 5.31. The summed E-state index contributed by atoms with van der Waals surface area (Å²) in [6.07, 6.45) is -0.152. The highest BCUT2D eigenvalue weighted by atomic mass is 79.9. The van der Waals surface area contributed by atoms with Gasteiger partial charge in [-0.3, -0.25) is 14.5 Å². The fourth-order valence-electron chi connectivity index (χ4n) is 3.53. The van der Waals surface area contributed by atoms with E-state index >= 15 is 0 Å². The topological polar surface area (TPSA) is 106 Å². The van der Waals surface area contributed by atoms with Crippen LogP contribution in [0.1, 0.15) is 17.7 Å². The van der Waals surface area contributed by atoms with Gasteiger partial charge < -0.3 is 19.8 Å². The van der Waals surface area contributed by atoms with Gasteiger partial charge in [-0.2, -0.15) is 0 Å². The first-order chi connectivity index (χ1) is 15.7. The second-order valence-electron chi connectivity index (χ2n) is 7.63. The molecule has 1 atom stereocenters. The first kappa shape index (κ1) is 22.9. The molecule has 1 unspecified atom stereocenters. The average Bonchev–Trinajstić information content (AvgIpc) is 3.21. The van der Waals surface area contributed by atoms with E-state index in [1.807, 2.05) is 19.1 Å². The average molecular weight is 530 g/mol. The molecule has 0 spiro atoms. The molecule has 1 saturated heterocycles. The van der Waals surface area contributed by atoms with E-state index in [9.17, 15) is 14.7 Å². The van der Waals surface area contributed by atoms with Crippen LogP contribution in [0.2, 0.25) is 0 Å². The molecule has 0 radical (unpaired) electrons. The van der Waals surface area contributed by atoms with Crippen molar-refractivity contribution in [1.29, 1.82) is 0 Å². The van der Waals surface area contributed by atoms with Crippen LogP contribution >= 0.6 is 28.1 Å². The summed E-state index contributed by atoms with van der Waals surface area (Å²) < 4.78 is 6.88. The highest BCUT2D eigenvalue weighted by Crippen LogP contribution is 2.29. The van der Waals surface area contributed by atoms with E-state index < -0.39 is 12.0 Å². The lowest BCUT2D eigenvalue weighted by Gasteiger charge is -2.22. The molecular formula is C22H20BrN5O4S. The predicted octanol–water partition coefficient (Wildman–Crippen LogP) is 2.17. The second-order valence-corrected chi connectivity index (χ2v) is 8.91. The number of hydrogen-bond acceptors (Lipinski definition) is 6. The van der Waals surface area contributed by atoms with E-state index in [1.165, 1.54) is 9.58 Å². The van der Waals surface area contributed by atoms with Gasteiger partial charge in [0.05, 0.1) is 17.4 Å². The number of hydrogen-bond donors (Lipinski definition) is 1. The highest BCUT2D eigenvalue weighted by molar-refractivity contribution is 9.10. The van der Waals surface area contributed by atoms with Crippen LogP contribution in [0.5, 0.6) is 5.95 Å². The van der Waals surface area contributed by atoms with Gasteiger partial charge in [0.25, 0.3) is 11.6 Å². The Morgan fingerprint density at radius 2 is 1.91 bits per heavy atom. The molecule has 2 aromatic carbocycles. The fourth-order valence-corrected chi connectivity index (χ4v) is 4.18. The van der Waals surface area contributed by atoms with E-state index in [0.29, 0.717) is 11.4 Å². The van der Waals surface area contributed by atoms with E-state index in [2.05, 4.69) is 26.5 Å². The summed E-state index contributed by atoms with van der Waals surface area (Å²) >= 11 is 8.97. The molecule has 0 aliphatic carbocycles. The summed E-state index contributed by atoms with van der Waals surface area (Å²) in [4.78, 5) is 29.2. The van der Waals surface area contributed by atoms with Crippen molar-refractivity contribution >= 4 is 56.4 Å². The van der Waals surface area contributed by atoms with E-state index in [0.717, 1.165) is 10.0 Å². The summed E-state index contributed by atoms with van der Waals surface area (Å²) in [5.41, 5.74) is 2.44. The predicted molar refractivity (Wildman–Crippen MR) is 125 cm³/mol. The van der Waals surface area contributed by atoms with Gasteiger partial charge in [-0.25, -0.2) is 0 Å². The van der Waals surface area contributed by atoms with Crippen molar-refractivity contribution in [2.75, 3.05) is 10.2 Å². The summed E-state index contributed by atoms with van der Waals surface area (Å²) in [6, 6.07) is 13.5. The van der Waals surface area contributed by atoms with Gasteiger partial charge in [0.15, 0.2) is 18.1 Å². The molecule has 1 aliphatic rings. The second kappa shape index (κ2) is 9.28. The Morgan fingerprint density at radius 1 is 1.24 bits per heavy atom. The van der Waals surface area contributed by atoms with Gasteiger partial charge in [-0.05, 0) is 55.5 Å². The molecule has 9 nitrogen and oxygen atoms in total. The number of aromatic nitrogens is 2. The molecule has 2 amide bonds. The number of carbonyl (C=O) groups is 2. The molecule has 4 rings (SSSR count). The Hall–Kier alpha value is -3.31. The van der Waals surface area contributed by atoms with Crippen molar-refractivity contribution in [2.24, 2.45) is 7.05 Å². The number of amides is 2. The zero-order valence-electron chi connectivity index (χ0n) is 17.8. The molecule has 0 saturated carbocycles. The quantitative estimate of drug-likeness (QED) is 0.385. The molecular weight excluding hydrogens is 510 g/mol. The Kier molecular flexibility index (Phi) is 6.43. The van der Waals surface area contributed by atoms with Crippen LogP contribution in [0.4, 0.5) is 11.4 Å². The summed E-state index contributed by atoms with van der Waals surface area (Å²) in [5, 5.41) is 18.7. The van der Waals surface area contributed by atoms with Gasteiger partial charge in [0.1, 0.15) is 12.6 Å². The summed E-state index contributed by atoms with van der Waals surface area (Å²) in [7, 11) is 1.56. The maximum Gasteiger partial charge on any atom is 0.256 e. The Labute approximate surface area is 203 Å². The van der Waals surface area contributed by atoms with Crippen LogP contribution < -0.4 is 20.0 Å². The van der Waals surface area contributed by atoms with E-state index in [4.69, 9.17) is 16.7 Å². The Balaban J connectivity index is 1.62. The Morgan fingerprint density at radius 3 is 2.52 bits per heavy atom. The van der Waals surface area contributed by atoms with Crippen LogP contribution in [0.3, 0.4) is 0 Å². The number of aryl methyl sites for hydroxylation is 2. The SMILES string of the molecule is Cc1ccc(N2C(=O)C(CC(=O)Nc3ccc(Br)cc3)N(Cc3c([O-])on[n+]3C)C2=S)cc1. The van der Waals surface area contributed by atoms with Crippen LogP contribution in [0, 0.1) is 6.92 Å². The minimum absolute atomic E-state index is 0.0258. The number of benzene rings is 2. The van der Waals surface area contributed by atoms with Crippen molar-refractivity contribution < 1.29 is 23.9 Å².